The van der Waals surface area contributed by atoms with Crippen LogP contribution in [0.4, 0.5) is 0 Å². The van der Waals surface area contributed by atoms with Crippen LogP contribution < -0.4 is 4.74 Å². The largest absolute Gasteiger partial charge is 0.489 e. The summed E-state index contributed by atoms with van der Waals surface area (Å²) in [6, 6.07) is 3.67. The van der Waals surface area contributed by atoms with Crippen molar-refractivity contribution in [3.8, 4) is 5.75 Å². The molecule has 17 heavy (non-hydrogen) atoms. The summed E-state index contributed by atoms with van der Waals surface area (Å²) in [5.41, 5.74) is 2.16. The maximum atomic E-state index is 10.6. The molecule has 0 aliphatic carbocycles. The highest BCUT2D eigenvalue weighted by Crippen LogP contribution is 2.25. The van der Waals surface area contributed by atoms with Gasteiger partial charge in [0, 0.05) is 10.6 Å². The van der Waals surface area contributed by atoms with Gasteiger partial charge in [-0.15, -0.1) is 0 Å². The van der Waals surface area contributed by atoms with Gasteiger partial charge in [-0.3, -0.25) is 0 Å². The maximum absolute atomic E-state index is 10.6. The molecule has 0 atom stereocenters. The second-order valence-electron chi connectivity index (χ2n) is 3.87. The molecule has 92 valence electrons. The minimum absolute atomic E-state index is 0.235. The normalized spacial score (nSPS) is 11.4. The van der Waals surface area contributed by atoms with E-state index >= 15 is 0 Å². The molecule has 0 radical (unpaired) electrons. The van der Waals surface area contributed by atoms with Crippen LogP contribution in [-0.2, 0) is 4.79 Å². The molecule has 0 aliphatic heterocycles. The zero-order chi connectivity index (χ0) is 13.0. The van der Waals surface area contributed by atoms with E-state index in [1.165, 1.54) is 13.0 Å². The lowest BCUT2D eigenvalue weighted by molar-refractivity contribution is -0.132. The summed E-state index contributed by atoms with van der Waals surface area (Å²) in [4.78, 5) is 10.6. The number of ether oxygens (including phenoxy) is 1. The summed E-state index contributed by atoms with van der Waals surface area (Å²) < 4.78 is 5.45. The molecule has 0 saturated heterocycles. The van der Waals surface area contributed by atoms with Crippen molar-refractivity contribution in [3.05, 3.63) is 39.9 Å². The van der Waals surface area contributed by atoms with E-state index < -0.39 is 5.97 Å². The van der Waals surface area contributed by atoms with Crippen LogP contribution in [-0.4, -0.2) is 17.7 Å². The van der Waals surface area contributed by atoms with Gasteiger partial charge in [-0.25, -0.2) is 4.79 Å². The van der Waals surface area contributed by atoms with Gasteiger partial charge in [-0.05, 0) is 50.1 Å². The molecule has 0 bridgehead atoms. The molecule has 4 heteroatoms. The van der Waals surface area contributed by atoms with E-state index in [4.69, 9.17) is 21.4 Å². The van der Waals surface area contributed by atoms with E-state index in [1.54, 1.807) is 0 Å². The number of aliphatic carboxylic acids is 1. The molecule has 1 N–H and O–H groups in total. The fourth-order valence-corrected chi connectivity index (χ4v) is 1.45. The summed E-state index contributed by atoms with van der Waals surface area (Å²) >= 11 is 6.03. The van der Waals surface area contributed by atoms with Gasteiger partial charge in [0.25, 0.3) is 0 Å². The van der Waals surface area contributed by atoms with Crippen LogP contribution in [0, 0.1) is 13.8 Å². The van der Waals surface area contributed by atoms with E-state index in [2.05, 4.69) is 0 Å². The Hall–Kier alpha value is -1.48. The first-order valence-corrected chi connectivity index (χ1v) is 5.59. The molecule has 0 heterocycles. The van der Waals surface area contributed by atoms with Crippen molar-refractivity contribution in [1.29, 1.82) is 0 Å². The highest BCUT2D eigenvalue weighted by molar-refractivity contribution is 6.32. The molecule has 1 rings (SSSR count). The van der Waals surface area contributed by atoms with Crippen LogP contribution in [0.5, 0.6) is 5.75 Å². The van der Waals surface area contributed by atoms with Crippen molar-refractivity contribution in [2.75, 3.05) is 6.61 Å². The highest BCUT2D eigenvalue weighted by Gasteiger charge is 2.03. The second kappa shape index (κ2) is 5.73. The fourth-order valence-electron chi connectivity index (χ4n) is 1.34. The van der Waals surface area contributed by atoms with E-state index in [0.717, 1.165) is 16.1 Å². The third-order valence-electron chi connectivity index (χ3n) is 2.39. The maximum Gasteiger partial charge on any atom is 0.331 e. The van der Waals surface area contributed by atoms with Gasteiger partial charge in [0.2, 0.25) is 0 Å². The molecule has 0 amide bonds. The van der Waals surface area contributed by atoms with Crippen molar-refractivity contribution >= 4 is 17.6 Å². The van der Waals surface area contributed by atoms with Gasteiger partial charge in [0.05, 0.1) is 0 Å². The van der Waals surface area contributed by atoms with Crippen molar-refractivity contribution in [2.24, 2.45) is 0 Å². The standard InChI is InChI=1S/C13H15ClO3/c1-8(13(15)16)4-5-17-11-6-9(2)12(14)10(3)7-11/h4,6-7H,5H2,1-3H3,(H,15,16). The van der Waals surface area contributed by atoms with Crippen molar-refractivity contribution < 1.29 is 14.6 Å². The van der Waals surface area contributed by atoms with Crippen molar-refractivity contribution in [1.82, 2.24) is 0 Å². The third kappa shape index (κ3) is 3.79. The van der Waals surface area contributed by atoms with Gasteiger partial charge in [-0.1, -0.05) is 11.6 Å². The monoisotopic (exact) mass is 254 g/mol. The average molecular weight is 255 g/mol. The first-order chi connectivity index (χ1) is 7.91. The number of carboxylic acid groups (broad SMARTS) is 1. The lowest BCUT2D eigenvalue weighted by Crippen LogP contribution is -2.01. The summed E-state index contributed by atoms with van der Waals surface area (Å²) in [6.45, 7) is 5.57. The molecule has 0 fully saturated rings. The molecule has 0 aromatic heterocycles. The minimum Gasteiger partial charge on any atom is -0.489 e. The number of aryl methyl sites for hydroxylation is 2. The Morgan fingerprint density at radius 3 is 2.41 bits per heavy atom. The first kappa shape index (κ1) is 13.6. The van der Waals surface area contributed by atoms with Gasteiger partial charge < -0.3 is 9.84 Å². The van der Waals surface area contributed by atoms with Gasteiger partial charge in [0.15, 0.2) is 0 Å². The lowest BCUT2D eigenvalue weighted by Gasteiger charge is -2.08. The van der Waals surface area contributed by atoms with Gasteiger partial charge in [-0.2, -0.15) is 0 Å². The summed E-state index contributed by atoms with van der Waals surface area (Å²) in [5, 5.41) is 9.39. The Morgan fingerprint density at radius 1 is 1.41 bits per heavy atom. The number of carbonyl (C=O) groups is 1. The van der Waals surface area contributed by atoms with Crippen LogP contribution >= 0.6 is 11.6 Å². The van der Waals surface area contributed by atoms with E-state index in [9.17, 15) is 4.79 Å². The first-order valence-electron chi connectivity index (χ1n) is 5.21. The number of hydrogen-bond acceptors (Lipinski definition) is 2. The Kier molecular flexibility index (Phi) is 4.58. The quantitative estimate of drug-likeness (QED) is 0.838. The predicted molar refractivity (Wildman–Crippen MR) is 67.8 cm³/mol. The minimum atomic E-state index is -0.933. The number of benzene rings is 1. The second-order valence-corrected chi connectivity index (χ2v) is 4.25. The van der Waals surface area contributed by atoms with E-state index in [1.807, 2.05) is 26.0 Å². The van der Waals surface area contributed by atoms with E-state index in [0.29, 0.717) is 5.75 Å². The molecule has 3 nitrogen and oxygen atoms in total. The Labute approximate surface area is 106 Å². The van der Waals surface area contributed by atoms with Crippen LogP contribution in [0.25, 0.3) is 0 Å². The summed E-state index contributed by atoms with van der Waals surface area (Å²) in [6.07, 6.45) is 1.53. The van der Waals surface area contributed by atoms with Crippen molar-refractivity contribution in [3.63, 3.8) is 0 Å². The molecule has 0 saturated carbocycles. The Balaban J connectivity index is 2.71. The zero-order valence-corrected chi connectivity index (χ0v) is 10.8. The number of hydrogen-bond donors (Lipinski definition) is 1. The lowest BCUT2D eigenvalue weighted by atomic mass is 10.1. The average Bonchev–Trinajstić information content (AvgIpc) is 2.25. The topological polar surface area (TPSA) is 46.5 Å². The molecular formula is C13H15ClO3. The summed E-state index contributed by atoms with van der Waals surface area (Å²) in [5.74, 6) is -0.240. The third-order valence-corrected chi connectivity index (χ3v) is 2.98. The highest BCUT2D eigenvalue weighted by atomic mass is 35.5. The van der Waals surface area contributed by atoms with Crippen LogP contribution in [0.1, 0.15) is 18.1 Å². The van der Waals surface area contributed by atoms with Gasteiger partial charge in [0.1, 0.15) is 12.4 Å². The molecule has 1 aromatic carbocycles. The molecule has 0 unspecified atom stereocenters. The predicted octanol–water partition coefficient (Wildman–Crippen LogP) is 3.37. The molecule has 1 aromatic rings. The fraction of sp³-hybridized carbons (Fsp3) is 0.308. The van der Waals surface area contributed by atoms with Gasteiger partial charge >= 0.3 is 5.97 Å². The number of halogens is 1. The SMILES string of the molecule is CC(=CCOc1cc(C)c(Cl)c(C)c1)C(=O)O. The molecular weight excluding hydrogens is 240 g/mol. The van der Waals surface area contributed by atoms with E-state index in [-0.39, 0.29) is 12.2 Å². The molecule has 0 aliphatic rings. The Morgan fingerprint density at radius 2 is 1.94 bits per heavy atom. The number of carboxylic acids is 1. The zero-order valence-electron chi connectivity index (χ0n) is 10.1. The Bertz CT molecular complexity index is 441. The van der Waals surface area contributed by atoms with Crippen LogP contribution in [0.3, 0.4) is 0 Å². The summed E-state index contributed by atoms with van der Waals surface area (Å²) in [7, 11) is 0. The van der Waals surface area contributed by atoms with Crippen molar-refractivity contribution in [2.45, 2.75) is 20.8 Å². The smallest absolute Gasteiger partial charge is 0.331 e. The van der Waals surface area contributed by atoms with Crippen LogP contribution in [0.2, 0.25) is 5.02 Å². The van der Waals surface area contributed by atoms with Crippen LogP contribution in [0.15, 0.2) is 23.8 Å². The number of rotatable bonds is 4. The molecule has 0 spiro atoms.